The molecular weight excluding hydrogens is 286 g/mol. The highest BCUT2D eigenvalue weighted by Crippen LogP contribution is 2.26. The van der Waals surface area contributed by atoms with Crippen LogP contribution in [0.1, 0.15) is 49.7 Å². The van der Waals surface area contributed by atoms with Crippen molar-refractivity contribution in [2.24, 2.45) is 5.73 Å². The second-order valence-corrected chi connectivity index (χ2v) is 7.12. The van der Waals surface area contributed by atoms with E-state index in [1.54, 1.807) is 0 Å². The highest BCUT2D eigenvalue weighted by molar-refractivity contribution is 5.86. The molecule has 0 aromatic heterocycles. The lowest BCUT2D eigenvalue weighted by Crippen LogP contribution is -2.55. The number of nitrogens with one attached hydrogen (secondary N) is 1. The number of fused-ring (bicyclic) bond motifs is 1. The van der Waals surface area contributed by atoms with E-state index in [-0.39, 0.29) is 5.91 Å². The highest BCUT2D eigenvalue weighted by Gasteiger charge is 2.34. The van der Waals surface area contributed by atoms with Gasteiger partial charge in [0, 0.05) is 26.2 Å². The van der Waals surface area contributed by atoms with E-state index in [0.717, 1.165) is 64.7 Å². The third-order valence-electron chi connectivity index (χ3n) is 5.34. The van der Waals surface area contributed by atoms with Gasteiger partial charge < -0.3 is 11.1 Å². The Morgan fingerprint density at radius 3 is 2.70 bits per heavy atom. The zero-order valence-electron chi connectivity index (χ0n) is 14.0. The first-order chi connectivity index (χ1) is 11.2. The minimum Gasteiger partial charge on any atom is -0.354 e. The van der Waals surface area contributed by atoms with E-state index < -0.39 is 5.54 Å². The van der Waals surface area contributed by atoms with Crippen LogP contribution in [0, 0.1) is 0 Å². The molecule has 1 saturated carbocycles. The van der Waals surface area contributed by atoms with E-state index in [0.29, 0.717) is 0 Å². The molecule has 4 nitrogen and oxygen atoms in total. The summed E-state index contributed by atoms with van der Waals surface area (Å²) in [5.41, 5.74) is 8.58. The molecule has 126 valence electrons. The summed E-state index contributed by atoms with van der Waals surface area (Å²) in [7, 11) is 0. The SMILES string of the molecule is NC1(C(=O)NCCCN2CCc3ccccc3C2)CCCCC1. The molecule has 1 heterocycles. The Labute approximate surface area is 139 Å². The van der Waals surface area contributed by atoms with Crippen molar-refractivity contribution in [3.8, 4) is 0 Å². The van der Waals surface area contributed by atoms with E-state index >= 15 is 0 Å². The van der Waals surface area contributed by atoms with Gasteiger partial charge in [0.15, 0.2) is 0 Å². The van der Waals surface area contributed by atoms with E-state index in [1.807, 2.05) is 0 Å². The number of rotatable bonds is 5. The highest BCUT2D eigenvalue weighted by atomic mass is 16.2. The Morgan fingerprint density at radius 2 is 1.91 bits per heavy atom. The minimum atomic E-state index is -0.609. The Hall–Kier alpha value is -1.39. The molecule has 0 radical (unpaired) electrons. The molecule has 1 aromatic rings. The van der Waals surface area contributed by atoms with Gasteiger partial charge in [0.2, 0.25) is 5.91 Å². The molecule has 1 fully saturated rings. The van der Waals surface area contributed by atoms with Crippen LogP contribution >= 0.6 is 0 Å². The first kappa shape index (κ1) is 16.5. The lowest BCUT2D eigenvalue weighted by atomic mass is 9.82. The van der Waals surface area contributed by atoms with Gasteiger partial charge in [-0.2, -0.15) is 0 Å². The van der Waals surface area contributed by atoms with Crippen LogP contribution < -0.4 is 11.1 Å². The molecule has 1 aliphatic carbocycles. The van der Waals surface area contributed by atoms with Crippen LogP contribution in [0.5, 0.6) is 0 Å². The summed E-state index contributed by atoms with van der Waals surface area (Å²) in [6.07, 6.45) is 7.17. The first-order valence-corrected chi connectivity index (χ1v) is 9.04. The quantitative estimate of drug-likeness (QED) is 0.819. The lowest BCUT2D eigenvalue weighted by molar-refractivity contribution is -0.127. The molecule has 1 amide bonds. The summed E-state index contributed by atoms with van der Waals surface area (Å²) >= 11 is 0. The summed E-state index contributed by atoms with van der Waals surface area (Å²) in [5, 5.41) is 3.06. The number of benzene rings is 1. The molecule has 3 N–H and O–H groups in total. The summed E-state index contributed by atoms with van der Waals surface area (Å²) in [6.45, 7) is 3.92. The summed E-state index contributed by atoms with van der Waals surface area (Å²) in [5.74, 6) is 0.0567. The van der Waals surface area contributed by atoms with Crippen LogP contribution in [0.25, 0.3) is 0 Å². The Balaban J connectivity index is 1.38. The molecule has 3 rings (SSSR count). The van der Waals surface area contributed by atoms with Gasteiger partial charge in [0.25, 0.3) is 0 Å². The Bertz CT molecular complexity index is 537. The van der Waals surface area contributed by atoms with Crippen molar-refractivity contribution in [2.45, 2.75) is 57.0 Å². The van der Waals surface area contributed by atoms with Crippen molar-refractivity contribution in [3.63, 3.8) is 0 Å². The van der Waals surface area contributed by atoms with E-state index in [9.17, 15) is 4.79 Å². The Kier molecular flexibility index (Phi) is 5.34. The van der Waals surface area contributed by atoms with Crippen LogP contribution in [0.15, 0.2) is 24.3 Å². The molecule has 0 bridgehead atoms. The van der Waals surface area contributed by atoms with Gasteiger partial charge in [0.05, 0.1) is 5.54 Å². The summed E-state index contributed by atoms with van der Waals surface area (Å²) in [6, 6.07) is 8.70. The van der Waals surface area contributed by atoms with Gasteiger partial charge in [-0.25, -0.2) is 0 Å². The van der Waals surface area contributed by atoms with Crippen LogP contribution in [0.2, 0.25) is 0 Å². The maximum atomic E-state index is 12.3. The molecule has 4 heteroatoms. The Morgan fingerprint density at radius 1 is 1.17 bits per heavy atom. The summed E-state index contributed by atoms with van der Waals surface area (Å²) in [4.78, 5) is 14.8. The van der Waals surface area contributed by atoms with Gasteiger partial charge in [-0.15, -0.1) is 0 Å². The van der Waals surface area contributed by atoms with Gasteiger partial charge in [0.1, 0.15) is 0 Å². The van der Waals surface area contributed by atoms with Gasteiger partial charge >= 0.3 is 0 Å². The first-order valence-electron chi connectivity index (χ1n) is 9.04. The molecule has 0 atom stereocenters. The van der Waals surface area contributed by atoms with Crippen molar-refractivity contribution in [3.05, 3.63) is 35.4 Å². The fourth-order valence-corrected chi connectivity index (χ4v) is 3.84. The molecule has 2 aliphatic rings. The average molecular weight is 315 g/mol. The number of nitrogens with two attached hydrogens (primary N) is 1. The zero-order valence-corrected chi connectivity index (χ0v) is 14.0. The predicted octanol–water partition coefficient (Wildman–Crippen LogP) is 2.21. The molecule has 0 unspecified atom stereocenters. The van der Waals surface area contributed by atoms with Gasteiger partial charge in [-0.3, -0.25) is 9.69 Å². The molecule has 23 heavy (non-hydrogen) atoms. The van der Waals surface area contributed by atoms with Crippen LogP contribution in [0.4, 0.5) is 0 Å². The van der Waals surface area contributed by atoms with Crippen molar-refractivity contribution in [2.75, 3.05) is 19.6 Å². The van der Waals surface area contributed by atoms with Crippen molar-refractivity contribution in [1.29, 1.82) is 0 Å². The van der Waals surface area contributed by atoms with Gasteiger partial charge in [-0.1, -0.05) is 43.5 Å². The number of amides is 1. The predicted molar refractivity (Wildman–Crippen MR) is 93.1 cm³/mol. The van der Waals surface area contributed by atoms with Crippen molar-refractivity contribution >= 4 is 5.91 Å². The molecule has 1 aromatic carbocycles. The minimum absolute atomic E-state index is 0.0567. The van der Waals surface area contributed by atoms with E-state index in [4.69, 9.17) is 5.73 Å². The largest absolute Gasteiger partial charge is 0.354 e. The van der Waals surface area contributed by atoms with E-state index in [1.165, 1.54) is 17.5 Å². The number of carbonyl (C=O) groups excluding carboxylic acids is 1. The third-order valence-corrected chi connectivity index (χ3v) is 5.34. The number of nitrogens with zero attached hydrogens (tertiary/aromatic N) is 1. The van der Waals surface area contributed by atoms with Crippen molar-refractivity contribution in [1.82, 2.24) is 10.2 Å². The fourth-order valence-electron chi connectivity index (χ4n) is 3.84. The normalized spacial score (nSPS) is 20.7. The second-order valence-electron chi connectivity index (χ2n) is 7.12. The fraction of sp³-hybridized carbons (Fsp3) is 0.632. The molecular formula is C19H29N3O. The zero-order chi connectivity index (χ0) is 16.1. The third kappa shape index (κ3) is 4.12. The maximum absolute atomic E-state index is 12.3. The van der Waals surface area contributed by atoms with Crippen molar-refractivity contribution < 1.29 is 4.79 Å². The topological polar surface area (TPSA) is 58.4 Å². The summed E-state index contributed by atoms with van der Waals surface area (Å²) < 4.78 is 0. The van der Waals surface area contributed by atoms with Crippen LogP contribution in [0.3, 0.4) is 0 Å². The second kappa shape index (κ2) is 7.45. The number of hydrogen-bond acceptors (Lipinski definition) is 3. The average Bonchev–Trinajstić information content (AvgIpc) is 2.59. The van der Waals surface area contributed by atoms with Crippen LogP contribution in [-0.4, -0.2) is 36.0 Å². The monoisotopic (exact) mass is 315 g/mol. The molecule has 1 aliphatic heterocycles. The van der Waals surface area contributed by atoms with E-state index in [2.05, 4.69) is 34.5 Å². The standard InChI is InChI=1S/C19H29N3O/c20-19(10-4-1-5-11-19)18(23)21-12-6-13-22-14-9-16-7-2-3-8-17(16)15-22/h2-3,7-8H,1,4-6,9-15,20H2,(H,21,23). The number of hydrogen-bond donors (Lipinski definition) is 2. The lowest BCUT2D eigenvalue weighted by Gasteiger charge is -2.32. The smallest absolute Gasteiger partial charge is 0.240 e. The molecule has 0 saturated heterocycles. The number of carbonyl (C=O) groups is 1. The maximum Gasteiger partial charge on any atom is 0.240 e. The van der Waals surface area contributed by atoms with Gasteiger partial charge in [-0.05, 0) is 36.8 Å². The molecule has 0 spiro atoms. The van der Waals surface area contributed by atoms with Crippen LogP contribution in [-0.2, 0) is 17.8 Å².